The topological polar surface area (TPSA) is 75.3 Å². The first kappa shape index (κ1) is 22.2. The van der Waals surface area contributed by atoms with E-state index in [4.69, 9.17) is 23.7 Å². The van der Waals surface area contributed by atoms with E-state index in [1.807, 2.05) is 18.2 Å². The Morgan fingerprint density at radius 2 is 1.52 bits per heavy atom. The maximum Gasteiger partial charge on any atom is 0.251 e. The number of hydrogen-bond donors (Lipinski definition) is 1. The predicted octanol–water partition coefficient (Wildman–Crippen LogP) is 3.83. The van der Waals surface area contributed by atoms with Crippen molar-refractivity contribution in [2.75, 3.05) is 35.0 Å². The summed E-state index contributed by atoms with van der Waals surface area (Å²) < 4.78 is 27.0. The molecule has 0 aliphatic heterocycles. The van der Waals surface area contributed by atoms with Crippen molar-refractivity contribution in [3.8, 4) is 28.7 Å². The van der Waals surface area contributed by atoms with Crippen molar-refractivity contribution >= 4 is 5.91 Å². The third-order valence-electron chi connectivity index (χ3n) is 4.36. The van der Waals surface area contributed by atoms with Gasteiger partial charge in [-0.3, -0.25) is 4.79 Å². The molecule has 0 bridgehead atoms. The Balaban J connectivity index is 2.10. The zero-order valence-corrected chi connectivity index (χ0v) is 17.7. The number of carbonyl (C=O) groups is 1. The number of rotatable bonds is 11. The Hall–Kier alpha value is -3.09. The average Bonchev–Trinajstić information content (AvgIpc) is 2.76. The number of carbonyl (C=O) groups excluding carboxylic acids is 1. The van der Waals surface area contributed by atoms with Gasteiger partial charge in [-0.1, -0.05) is 19.4 Å². The predicted molar refractivity (Wildman–Crippen MR) is 111 cm³/mol. The monoisotopic (exact) mass is 403 g/mol. The van der Waals surface area contributed by atoms with Gasteiger partial charge in [0.1, 0.15) is 0 Å². The first-order valence-electron chi connectivity index (χ1n) is 9.45. The van der Waals surface area contributed by atoms with E-state index < -0.39 is 0 Å². The van der Waals surface area contributed by atoms with Crippen LogP contribution in [0.4, 0.5) is 0 Å². The number of hydrogen-bond acceptors (Lipinski definition) is 6. The van der Waals surface area contributed by atoms with Crippen molar-refractivity contribution in [2.45, 2.75) is 26.3 Å². The van der Waals surface area contributed by atoms with E-state index >= 15 is 0 Å². The molecule has 0 aromatic heterocycles. The molecule has 0 aliphatic rings. The Morgan fingerprint density at radius 3 is 2.07 bits per heavy atom. The van der Waals surface area contributed by atoms with Crippen LogP contribution in [0.25, 0.3) is 0 Å². The molecule has 2 rings (SSSR count). The summed E-state index contributed by atoms with van der Waals surface area (Å²) in [6, 6.07) is 8.84. The van der Waals surface area contributed by atoms with Gasteiger partial charge in [-0.15, -0.1) is 0 Å². The Labute approximate surface area is 171 Å². The van der Waals surface area contributed by atoms with Crippen LogP contribution >= 0.6 is 0 Å². The Bertz CT molecular complexity index is 796. The van der Waals surface area contributed by atoms with Crippen LogP contribution in [0.5, 0.6) is 28.7 Å². The van der Waals surface area contributed by atoms with Crippen molar-refractivity contribution < 1.29 is 28.5 Å². The molecule has 0 spiro atoms. The van der Waals surface area contributed by atoms with E-state index in [0.29, 0.717) is 47.5 Å². The molecule has 0 saturated carbocycles. The molecule has 0 atom stereocenters. The lowest BCUT2D eigenvalue weighted by Crippen LogP contribution is -2.23. The molecule has 7 heteroatoms. The number of ether oxygens (including phenoxy) is 5. The second-order valence-corrected chi connectivity index (χ2v) is 6.28. The van der Waals surface area contributed by atoms with Gasteiger partial charge in [-0.05, 0) is 36.2 Å². The number of benzene rings is 2. The highest BCUT2D eigenvalue weighted by molar-refractivity contribution is 5.95. The maximum atomic E-state index is 12.6. The van der Waals surface area contributed by atoms with Crippen LogP contribution in [0, 0.1) is 0 Å². The summed E-state index contributed by atoms with van der Waals surface area (Å²) in [6.07, 6.45) is 2.04. The second-order valence-electron chi connectivity index (χ2n) is 6.28. The first-order valence-corrected chi connectivity index (χ1v) is 9.45. The fraction of sp³-hybridized carbons (Fsp3) is 0.409. The molecule has 1 amide bonds. The minimum atomic E-state index is -0.258. The van der Waals surface area contributed by atoms with Gasteiger partial charge in [0.2, 0.25) is 5.75 Å². The first-order chi connectivity index (χ1) is 14.1. The van der Waals surface area contributed by atoms with Gasteiger partial charge in [-0.2, -0.15) is 0 Å². The van der Waals surface area contributed by atoms with Gasteiger partial charge in [-0.25, -0.2) is 0 Å². The molecule has 1 N–H and O–H groups in total. The molecule has 158 valence electrons. The highest BCUT2D eigenvalue weighted by Gasteiger charge is 2.17. The summed E-state index contributed by atoms with van der Waals surface area (Å²) in [6.45, 7) is 3.09. The van der Waals surface area contributed by atoms with Gasteiger partial charge in [0.25, 0.3) is 5.91 Å². The summed E-state index contributed by atoms with van der Waals surface area (Å²) in [5.41, 5.74) is 1.30. The van der Waals surface area contributed by atoms with Gasteiger partial charge in [0.05, 0.1) is 35.0 Å². The van der Waals surface area contributed by atoms with E-state index in [2.05, 4.69) is 12.2 Å². The normalized spacial score (nSPS) is 10.2. The Morgan fingerprint density at radius 1 is 0.862 bits per heavy atom. The lowest BCUT2D eigenvalue weighted by molar-refractivity contribution is 0.0950. The summed E-state index contributed by atoms with van der Waals surface area (Å²) in [7, 11) is 6.13. The molecule has 0 aliphatic carbocycles. The molecule has 0 fully saturated rings. The van der Waals surface area contributed by atoms with Crippen LogP contribution in [0.15, 0.2) is 30.3 Å². The van der Waals surface area contributed by atoms with Crippen molar-refractivity contribution in [1.29, 1.82) is 0 Å². The van der Waals surface area contributed by atoms with Crippen molar-refractivity contribution in [3.05, 3.63) is 41.5 Å². The summed E-state index contributed by atoms with van der Waals surface area (Å²) >= 11 is 0. The number of nitrogens with one attached hydrogen (secondary N) is 1. The maximum absolute atomic E-state index is 12.6. The lowest BCUT2D eigenvalue weighted by atomic mass is 10.1. The molecule has 7 nitrogen and oxygen atoms in total. The SMILES string of the molecule is CCCCOc1ccc(CNC(=O)c2cc(OC)c(OC)c(OC)c2)cc1OC. The quantitative estimate of drug-likeness (QED) is 0.575. The fourth-order valence-electron chi connectivity index (χ4n) is 2.76. The number of amides is 1. The minimum absolute atomic E-state index is 0.258. The van der Waals surface area contributed by atoms with Crippen molar-refractivity contribution in [1.82, 2.24) is 5.32 Å². The summed E-state index contributed by atoms with van der Waals surface area (Å²) in [4.78, 5) is 12.6. The van der Waals surface area contributed by atoms with Crippen LogP contribution in [-0.2, 0) is 6.54 Å². The second kappa shape index (κ2) is 11.0. The van der Waals surface area contributed by atoms with Crippen LogP contribution in [0.3, 0.4) is 0 Å². The van der Waals surface area contributed by atoms with Crippen molar-refractivity contribution in [2.24, 2.45) is 0 Å². The van der Waals surface area contributed by atoms with Gasteiger partial charge < -0.3 is 29.0 Å². The lowest BCUT2D eigenvalue weighted by Gasteiger charge is -2.15. The highest BCUT2D eigenvalue weighted by atomic mass is 16.5. The van der Waals surface area contributed by atoms with Crippen LogP contribution in [-0.4, -0.2) is 41.0 Å². The molecular weight excluding hydrogens is 374 g/mol. The van der Waals surface area contributed by atoms with Gasteiger partial charge >= 0.3 is 0 Å². The molecule has 29 heavy (non-hydrogen) atoms. The van der Waals surface area contributed by atoms with Crippen molar-refractivity contribution in [3.63, 3.8) is 0 Å². The molecule has 0 unspecified atom stereocenters. The van der Waals surface area contributed by atoms with E-state index in [1.165, 1.54) is 21.3 Å². The molecule has 0 saturated heterocycles. The smallest absolute Gasteiger partial charge is 0.251 e. The van der Waals surface area contributed by atoms with E-state index in [1.54, 1.807) is 19.2 Å². The summed E-state index contributed by atoms with van der Waals surface area (Å²) in [5, 5.41) is 2.89. The standard InChI is InChI=1S/C22H29NO6/c1-6-7-10-29-17-9-8-15(11-18(17)25-2)14-23-22(24)16-12-19(26-3)21(28-5)20(13-16)27-4/h8-9,11-13H,6-7,10,14H2,1-5H3,(H,23,24). The van der Waals surface area contributed by atoms with E-state index in [0.717, 1.165) is 18.4 Å². The van der Waals surface area contributed by atoms with E-state index in [9.17, 15) is 4.79 Å². The number of unbranched alkanes of at least 4 members (excludes halogenated alkanes) is 1. The molecule has 0 heterocycles. The van der Waals surface area contributed by atoms with E-state index in [-0.39, 0.29) is 5.91 Å². The van der Waals surface area contributed by atoms with Crippen LogP contribution in [0.1, 0.15) is 35.7 Å². The third kappa shape index (κ3) is 5.70. The van der Waals surface area contributed by atoms with Crippen LogP contribution in [0.2, 0.25) is 0 Å². The van der Waals surface area contributed by atoms with Gasteiger partial charge in [0.15, 0.2) is 23.0 Å². The third-order valence-corrected chi connectivity index (χ3v) is 4.36. The summed E-state index contributed by atoms with van der Waals surface area (Å²) in [5.74, 6) is 2.36. The largest absolute Gasteiger partial charge is 0.493 e. The number of methoxy groups -OCH3 is 4. The molecule has 2 aromatic rings. The molecule has 2 aromatic carbocycles. The minimum Gasteiger partial charge on any atom is -0.493 e. The average molecular weight is 403 g/mol. The Kier molecular flexibility index (Phi) is 8.45. The zero-order valence-electron chi connectivity index (χ0n) is 17.7. The highest BCUT2D eigenvalue weighted by Crippen LogP contribution is 2.38. The zero-order chi connectivity index (χ0) is 21.2. The van der Waals surface area contributed by atoms with Crippen LogP contribution < -0.4 is 29.0 Å². The van der Waals surface area contributed by atoms with Gasteiger partial charge in [0, 0.05) is 12.1 Å². The molecule has 0 radical (unpaired) electrons. The molecular formula is C22H29NO6. The fourth-order valence-corrected chi connectivity index (χ4v) is 2.76.